The number of nitrogens with zero attached hydrogens (tertiary/aromatic N) is 4. The first-order chi connectivity index (χ1) is 14.1. The second kappa shape index (κ2) is 8.86. The van der Waals surface area contributed by atoms with Crippen LogP contribution in [0.3, 0.4) is 0 Å². The molecule has 1 fully saturated rings. The van der Waals surface area contributed by atoms with Gasteiger partial charge in [0.15, 0.2) is 0 Å². The molecule has 6 heteroatoms. The summed E-state index contributed by atoms with van der Waals surface area (Å²) >= 11 is 0. The Morgan fingerprint density at radius 1 is 1.07 bits per heavy atom. The van der Waals surface area contributed by atoms with Crippen LogP contribution >= 0.6 is 0 Å². The van der Waals surface area contributed by atoms with Gasteiger partial charge in [-0.25, -0.2) is 4.68 Å². The lowest BCUT2D eigenvalue weighted by molar-refractivity contribution is -0.00966. The quantitative estimate of drug-likeness (QED) is 0.671. The number of rotatable bonds is 7. The third kappa shape index (κ3) is 4.72. The largest absolute Gasteiger partial charge is 0.379 e. The predicted molar refractivity (Wildman–Crippen MR) is 115 cm³/mol. The zero-order valence-electron chi connectivity index (χ0n) is 17.2. The van der Waals surface area contributed by atoms with E-state index < -0.39 is 0 Å². The molecule has 29 heavy (non-hydrogen) atoms. The third-order valence-electron chi connectivity index (χ3n) is 5.49. The highest BCUT2D eigenvalue weighted by Gasteiger charge is 2.27. The summed E-state index contributed by atoms with van der Waals surface area (Å²) in [5, 5.41) is 8.52. The third-order valence-corrected chi connectivity index (χ3v) is 5.49. The van der Waals surface area contributed by atoms with Crippen LogP contribution in [-0.2, 0) is 11.3 Å². The van der Waals surface area contributed by atoms with Crippen molar-refractivity contribution in [1.29, 1.82) is 0 Å². The number of aromatic nitrogens is 3. The van der Waals surface area contributed by atoms with Crippen LogP contribution in [-0.4, -0.2) is 58.1 Å². The summed E-state index contributed by atoms with van der Waals surface area (Å²) in [4.78, 5) is 6.78. The van der Waals surface area contributed by atoms with Crippen LogP contribution in [0.2, 0.25) is 0 Å². The summed E-state index contributed by atoms with van der Waals surface area (Å²) in [5.41, 5.74) is 4.30. The van der Waals surface area contributed by atoms with Gasteiger partial charge in [0.2, 0.25) is 0 Å². The van der Waals surface area contributed by atoms with Crippen LogP contribution < -0.4 is 5.32 Å². The number of para-hydroxylation sites is 1. The summed E-state index contributed by atoms with van der Waals surface area (Å²) in [6.07, 6.45) is 5.78. The van der Waals surface area contributed by atoms with Crippen LogP contribution in [0.15, 0.2) is 61.1 Å². The van der Waals surface area contributed by atoms with Crippen molar-refractivity contribution in [2.45, 2.75) is 25.9 Å². The maximum atomic E-state index is 5.50. The minimum Gasteiger partial charge on any atom is -0.379 e. The van der Waals surface area contributed by atoms with E-state index in [1.54, 1.807) is 6.20 Å². The van der Waals surface area contributed by atoms with Gasteiger partial charge < -0.3 is 10.1 Å². The lowest BCUT2D eigenvalue weighted by Gasteiger charge is -2.41. The van der Waals surface area contributed by atoms with Gasteiger partial charge in [-0.1, -0.05) is 18.2 Å². The molecule has 1 saturated heterocycles. The Morgan fingerprint density at radius 2 is 1.86 bits per heavy atom. The van der Waals surface area contributed by atoms with Gasteiger partial charge in [0, 0.05) is 61.4 Å². The van der Waals surface area contributed by atoms with Crippen LogP contribution in [0.25, 0.3) is 16.9 Å². The summed E-state index contributed by atoms with van der Waals surface area (Å²) in [5.74, 6) is 0. The van der Waals surface area contributed by atoms with Crippen molar-refractivity contribution in [3.63, 3.8) is 0 Å². The highest BCUT2D eigenvalue weighted by atomic mass is 16.5. The normalized spacial score (nSPS) is 15.5. The van der Waals surface area contributed by atoms with E-state index in [1.807, 2.05) is 35.1 Å². The van der Waals surface area contributed by atoms with Gasteiger partial charge >= 0.3 is 0 Å². The molecule has 0 unspecified atom stereocenters. The van der Waals surface area contributed by atoms with Gasteiger partial charge in [-0.2, -0.15) is 5.10 Å². The molecule has 0 spiro atoms. The fourth-order valence-corrected chi connectivity index (χ4v) is 3.78. The molecular weight excluding hydrogens is 362 g/mol. The first-order valence-corrected chi connectivity index (χ1v) is 10.2. The summed E-state index contributed by atoms with van der Waals surface area (Å²) in [7, 11) is 0. The standard InChI is InChI=1S/C23H29N5O/c1-23(2,27-11-13-29-14-12-27)18-25-16-20-17-28(21-8-4-3-5-9-21)26-22(20)19-7-6-10-24-15-19/h3-10,15,17,25H,11-14,16,18H2,1-2H3. The lowest BCUT2D eigenvalue weighted by Crippen LogP contribution is -2.54. The zero-order valence-corrected chi connectivity index (χ0v) is 17.2. The van der Waals surface area contributed by atoms with E-state index in [0.29, 0.717) is 0 Å². The summed E-state index contributed by atoms with van der Waals surface area (Å²) in [6, 6.07) is 14.2. The molecule has 3 heterocycles. The van der Waals surface area contributed by atoms with Gasteiger partial charge in [0.1, 0.15) is 0 Å². The average Bonchev–Trinajstić information content (AvgIpc) is 3.20. The lowest BCUT2D eigenvalue weighted by atomic mass is 10.0. The van der Waals surface area contributed by atoms with Gasteiger partial charge in [-0.05, 0) is 38.1 Å². The minimum atomic E-state index is 0.0771. The molecule has 1 aliphatic rings. The zero-order chi connectivity index (χ0) is 20.1. The molecule has 0 radical (unpaired) electrons. The van der Waals surface area contributed by atoms with Gasteiger partial charge in [0.05, 0.1) is 24.6 Å². The molecule has 1 aromatic carbocycles. The first-order valence-electron chi connectivity index (χ1n) is 10.2. The second-order valence-electron chi connectivity index (χ2n) is 8.04. The smallest absolute Gasteiger partial charge is 0.0988 e. The number of benzene rings is 1. The summed E-state index contributed by atoms with van der Waals surface area (Å²) < 4.78 is 7.45. The molecule has 2 aromatic heterocycles. The predicted octanol–water partition coefficient (Wildman–Crippen LogP) is 3.13. The van der Waals surface area contributed by atoms with Gasteiger partial charge in [-0.3, -0.25) is 9.88 Å². The van der Waals surface area contributed by atoms with Gasteiger partial charge in [-0.15, -0.1) is 0 Å². The van der Waals surface area contributed by atoms with Crippen molar-refractivity contribution in [2.24, 2.45) is 0 Å². The van der Waals surface area contributed by atoms with Crippen LogP contribution in [0.4, 0.5) is 0 Å². The fourth-order valence-electron chi connectivity index (χ4n) is 3.78. The molecule has 6 nitrogen and oxygen atoms in total. The van der Waals surface area contributed by atoms with Crippen molar-refractivity contribution < 1.29 is 4.74 Å². The molecular formula is C23H29N5O. The SMILES string of the molecule is CC(C)(CNCc1cn(-c2ccccc2)nc1-c1cccnc1)N1CCOCC1. The van der Waals surface area contributed by atoms with Crippen molar-refractivity contribution in [3.05, 3.63) is 66.6 Å². The van der Waals surface area contributed by atoms with Crippen LogP contribution in [0.1, 0.15) is 19.4 Å². The Labute approximate surface area is 172 Å². The van der Waals surface area contributed by atoms with Crippen molar-refractivity contribution in [3.8, 4) is 16.9 Å². The topological polar surface area (TPSA) is 55.2 Å². The van der Waals surface area contributed by atoms with E-state index in [0.717, 1.165) is 56.3 Å². The number of hydrogen-bond donors (Lipinski definition) is 1. The first kappa shape index (κ1) is 19.8. The average molecular weight is 392 g/mol. The Hall–Kier alpha value is -2.54. The van der Waals surface area contributed by atoms with E-state index >= 15 is 0 Å². The number of hydrogen-bond acceptors (Lipinski definition) is 5. The Kier molecular flexibility index (Phi) is 6.04. The highest BCUT2D eigenvalue weighted by molar-refractivity contribution is 5.62. The molecule has 0 bridgehead atoms. The Balaban J connectivity index is 1.52. The monoisotopic (exact) mass is 391 g/mol. The highest BCUT2D eigenvalue weighted by Crippen LogP contribution is 2.23. The minimum absolute atomic E-state index is 0.0771. The van der Waals surface area contributed by atoms with Crippen molar-refractivity contribution in [1.82, 2.24) is 25.0 Å². The number of nitrogens with one attached hydrogen (secondary N) is 1. The maximum Gasteiger partial charge on any atom is 0.0988 e. The van der Waals surface area contributed by atoms with Crippen molar-refractivity contribution >= 4 is 0 Å². The summed E-state index contributed by atoms with van der Waals surface area (Å²) in [6.45, 7) is 9.85. The molecule has 0 amide bonds. The van der Waals surface area contributed by atoms with E-state index in [9.17, 15) is 0 Å². The van der Waals surface area contributed by atoms with E-state index in [-0.39, 0.29) is 5.54 Å². The number of pyridine rings is 1. The van der Waals surface area contributed by atoms with E-state index in [4.69, 9.17) is 9.84 Å². The second-order valence-corrected chi connectivity index (χ2v) is 8.04. The molecule has 152 valence electrons. The Morgan fingerprint density at radius 3 is 2.59 bits per heavy atom. The van der Waals surface area contributed by atoms with E-state index in [1.165, 1.54) is 5.56 Å². The molecule has 1 N–H and O–H groups in total. The number of morpholine rings is 1. The molecule has 0 saturated carbocycles. The van der Waals surface area contributed by atoms with Crippen LogP contribution in [0.5, 0.6) is 0 Å². The fraction of sp³-hybridized carbons (Fsp3) is 0.391. The molecule has 0 atom stereocenters. The van der Waals surface area contributed by atoms with Gasteiger partial charge in [0.25, 0.3) is 0 Å². The Bertz CT molecular complexity index is 902. The molecule has 0 aliphatic carbocycles. The van der Waals surface area contributed by atoms with E-state index in [2.05, 4.69) is 53.4 Å². The van der Waals surface area contributed by atoms with Crippen molar-refractivity contribution in [2.75, 3.05) is 32.8 Å². The molecule has 1 aliphatic heterocycles. The van der Waals surface area contributed by atoms with Crippen LogP contribution in [0, 0.1) is 0 Å². The number of ether oxygens (including phenoxy) is 1. The molecule has 3 aromatic rings. The molecule has 4 rings (SSSR count). The maximum absolute atomic E-state index is 5.50.